The topological polar surface area (TPSA) is 84.1 Å². The number of aliphatic carboxylic acids is 1. The van der Waals surface area contributed by atoms with Crippen LogP contribution >= 0.6 is 0 Å². The highest BCUT2D eigenvalue weighted by Crippen LogP contribution is 2.14. The number of hydrogen-bond acceptors (Lipinski definition) is 4. The highest BCUT2D eigenvalue weighted by molar-refractivity contribution is 5.96. The Balaban J connectivity index is 1.91. The Morgan fingerprint density at radius 2 is 2.25 bits per heavy atom. The number of nitrogens with zero attached hydrogens (tertiary/aromatic N) is 3. The summed E-state index contributed by atoms with van der Waals surface area (Å²) in [4.78, 5) is 29.1. The normalized spacial score (nSPS) is 19.2. The van der Waals surface area contributed by atoms with Crippen LogP contribution in [-0.4, -0.2) is 57.1 Å². The van der Waals surface area contributed by atoms with Gasteiger partial charge >= 0.3 is 5.97 Å². The van der Waals surface area contributed by atoms with Gasteiger partial charge in [0.25, 0.3) is 5.91 Å². The van der Waals surface area contributed by atoms with Crippen molar-refractivity contribution >= 4 is 17.5 Å². The van der Waals surface area contributed by atoms with E-state index in [1.807, 2.05) is 0 Å². The largest absolute Gasteiger partial charge is 0.480 e. The Morgan fingerprint density at radius 3 is 3.05 bits per heavy atom. The average Bonchev–Trinajstić information content (AvgIpc) is 2.93. The van der Waals surface area contributed by atoms with Crippen LogP contribution in [0, 0.1) is 0 Å². The zero-order valence-electron chi connectivity index (χ0n) is 10.6. The maximum atomic E-state index is 12.5. The third-order valence-electron chi connectivity index (χ3n) is 3.31. The third-order valence-corrected chi connectivity index (χ3v) is 3.31. The molecule has 0 aromatic carbocycles. The van der Waals surface area contributed by atoms with Crippen molar-refractivity contribution in [3.8, 4) is 0 Å². The monoisotopic (exact) mass is 275 g/mol. The molecule has 7 heteroatoms. The zero-order chi connectivity index (χ0) is 14.1. The molecule has 1 amide bonds. The molecule has 2 aromatic heterocycles. The lowest BCUT2D eigenvalue weighted by molar-refractivity contribution is -0.147. The lowest BCUT2D eigenvalue weighted by Gasteiger charge is -2.32. The van der Waals surface area contributed by atoms with Gasteiger partial charge in [0.05, 0.1) is 18.8 Å². The average molecular weight is 275 g/mol. The fraction of sp³-hybridized carbons (Fsp3) is 0.308. The SMILES string of the molecule is O=C(O)[C@@H]1COCCN1C(=O)c1ccc2nccn2c1. The second kappa shape index (κ2) is 4.93. The van der Waals surface area contributed by atoms with Gasteiger partial charge in [-0.1, -0.05) is 0 Å². The van der Waals surface area contributed by atoms with Crippen molar-refractivity contribution in [2.75, 3.05) is 19.8 Å². The van der Waals surface area contributed by atoms with Crippen LogP contribution in [0.2, 0.25) is 0 Å². The van der Waals surface area contributed by atoms with E-state index in [2.05, 4.69) is 4.98 Å². The summed E-state index contributed by atoms with van der Waals surface area (Å²) in [5.74, 6) is -1.36. The first-order valence-corrected chi connectivity index (χ1v) is 6.21. The molecule has 0 bridgehead atoms. The molecule has 104 valence electrons. The number of pyridine rings is 1. The Bertz CT molecular complexity index is 666. The van der Waals surface area contributed by atoms with Crippen molar-refractivity contribution in [3.63, 3.8) is 0 Å². The minimum absolute atomic E-state index is 0.0222. The number of morpholine rings is 1. The van der Waals surface area contributed by atoms with E-state index in [9.17, 15) is 9.59 Å². The quantitative estimate of drug-likeness (QED) is 0.850. The van der Waals surface area contributed by atoms with Crippen molar-refractivity contribution in [2.45, 2.75) is 6.04 Å². The van der Waals surface area contributed by atoms with E-state index in [4.69, 9.17) is 9.84 Å². The van der Waals surface area contributed by atoms with Crippen molar-refractivity contribution in [2.24, 2.45) is 0 Å². The van der Waals surface area contributed by atoms with E-state index in [0.717, 1.165) is 5.65 Å². The first-order valence-electron chi connectivity index (χ1n) is 6.21. The number of hydrogen-bond donors (Lipinski definition) is 1. The van der Waals surface area contributed by atoms with Gasteiger partial charge in [0, 0.05) is 25.1 Å². The molecule has 1 saturated heterocycles. The molecular weight excluding hydrogens is 262 g/mol. The summed E-state index contributed by atoms with van der Waals surface area (Å²) in [6.45, 7) is 0.648. The van der Waals surface area contributed by atoms with E-state index >= 15 is 0 Å². The molecule has 1 aliphatic heterocycles. The fourth-order valence-electron chi connectivity index (χ4n) is 2.26. The van der Waals surface area contributed by atoms with Crippen molar-refractivity contribution in [3.05, 3.63) is 36.3 Å². The zero-order valence-corrected chi connectivity index (χ0v) is 10.6. The number of carboxylic acids is 1. The number of fused-ring (bicyclic) bond motifs is 1. The minimum atomic E-state index is -1.05. The predicted molar refractivity (Wildman–Crippen MR) is 68.5 cm³/mol. The molecule has 7 nitrogen and oxygen atoms in total. The standard InChI is InChI=1S/C13H13N3O4/c17-12(16-5-6-20-8-10(16)13(18)19)9-1-2-11-14-3-4-15(11)7-9/h1-4,7,10H,5-6,8H2,(H,18,19)/t10-/m0/s1. The van der Waals surface area contributed by atoms with Crippen LogP contribution in [0.15, 0.2) is 30.7 Å². The molecule has 1 fully saturated rings. The molecule has 1 N–H and O–H groups in total. The van der Waals surface area contributed by atoms with Crippen LogP contribution < -0.4 is 0 Å². The van der Waals surface area contributed by atoms with Crippen LogP contribution in [0.1, 0.15) is 10.4 Å². The van der Waals surface area contributed by atoms with Crippen molar-refractivity contribution < 1.29 is 19.4 Å². The second-order valence-corrected chi connectivity index (χ2v) is 4.54. The first kappa shape index (κ1) is 12.6. The summed E-state index contributed by atoms with van der Waals surface area (Å²) in [6, 6.07) is 2.44. The summed E-state index contributed by atoms with van der Waals surface area (Å²) >= 11 is 0. The molecule has 2 aromatic rings. The molecule has 0 radical (unpaired) electrons. The van der Waals surface area contributed by atoms with Crippen LogP contribution in [0.25, 0.3) is 5.65 Å². The summed E-state index contributed by atoms with van der Waals surface area (Å²) in [5, 5.41) is 9.15. The highest BCUT2D eigenvalue weighted by Gasteiger charge is 2.33. The number of carbonyl (C=O) groups excluding carboxylic acids is 1. The molecule has 0 saturated carbocycles. The predicted octanol–water partition coefficient (Wildman–Crippen LogP) is 0.260. The summed E-state index contributed by atoms with van der Waals surface area (Å²) < 4.78 is 6.85. The van der Waals surface area contributed by atoms with Crippen molar-refractivity contribution in [1.82, 2.24) is 14.3 Å². The Labute approximate surface area is 114 Å². The van der Waals surface area contributed by atoms with E-state index in [1.165, 1.54) is 4.90 Å². The number of imidazole rings is 1. The van der Waals surface area contributed by atoms with Crippen LogP contribution in [0.3, 0.4) is 0 Å². The van der Waals surface area contributed by atoms with Gasteiger partial charge in [-0.25, -0.2) is 9.78 Å². The number of aromatic nitrogens is 2. The number of carbonyl (C=O) groups is 2. The second-order valence-electron chi connectivity index (χ2n) is 4.54. The summed E-state index contributed by atoms with van der Waals surface area (Å²) in [5.41, 5.74) is 1.17. The van der Waals surface area contributed by atoms with Crippen molar-refractivity contribution in [1.29, 1.82) is 0 Å². The van der Waals surface area contributed by atoms with Crippen LogP contribution in [-0.2, 0) is 9.53 Å². The molecule has 20 heavy (non-hydrogen) atoms. The van der Waals surface area contributed by atoms with Crippen LogP contribution in [0.5, 0.6) is 0 Å². The van der Waals surface area contributed by atoms with Gasteiger partial charge in [-0.2, -0.15) is 0 Å². The molecule has 3 rings (SSSR count). The maximum Gasteiger partial charge on any atom is 0.328 e. The lowest BCUT2D eigenvalue weighted by Crippen LogP contribution is -2.52. The van der Waals surface area contributed by atoms with E-state index < -0.39 is 12.0 Å². The Kier molecular flexibility index (Phi) is 3.11. The number of carboxylic acid groups (broad SMARTS) is 1. The molecule has 0 aliphatic carbocycles. The smallest absolute Gasteiger partial charge is 0.328 e. The van der Waals surface area contributed by atoms with Gasteiger partial charge < -0.3 is 19.1 Å². The van der Waals surface area contributed by atoms with E-state index in [1.54, 1.807) is 35.1 Å². The van der Waals surface area contributed by atoms with Gasteiger partial charge in [-0.15, -0.1) is 0 Å². The molecule has 0 spiro atoms. The molecule has 1 aliphatic rings. The fourth-order valence-corrected chi connectivity index (χ4v) is 2.26. The van der Waals surface area contributed by atoms with Crippen LogP contribution in [0.4, 0.5) is 0 Å². The summed E-state index contributed by atoms with van der Waals surface area (Å²) in [7, 11) is 0. The van der Waals surface area contributed by atoms with Gasteiger partial charge in [0.15, 0.2) is 6.04 Å². The Hall–Kier alpha value is -2.41. The molecule has 1 atom stereocenters. The number of amides is 1. The number of rotatable bonds is 2. The molecule has 0 unspecified atom stereocenters. The van der Waals surface area contributed by atoms with Gasteiger partial charge in [-0.05, 0) is 12.1 Å². The Morgan fingerprint density at radius 1 is 1.40 bits per heavy atom. The lowest BCUT2D eigenvalue weighted by atomic mass is 10.1. The third kappa shape index (κ3) is 2.12. The first-order chi connectivity index (χ1) is 9.66. The van der Waals surface area contributed by atoms with E-state index in [-0.39, 0.29) is 19.1 Å². The van der Waals surface area contributed by atoms with Gasteiger partial charge in [-0.3, -0.25) is 4.79 Å². The van der Waals surface area contributed by atoms with Gasteiger partial charge in [0.1, 0.15) is 5.65 Å². The summed E-state index contributed by atoms with van der Waals surface area (Å²) in [6.07, 6.45) is 5.03. The maximum absolute atomic E-state index is 12.5. The van der Waals surface area contributed by atoms with Gasteiger partial charge in [0.2, 0.25) is 0 Å². The van der Waals surface area contributed by atoms with E-state index in [0.29, 0.717) is 12.2 Å². The highest BCUT2D eigenvalue weighted by atomic mass is 16.5. The molecular formula is C13H13N3O4. The minimum Gasteiger partial charge on any atom is -0.480 e. The number of ether oxygens (including phenoxy) is 1. The molecule has 3 heterocycles.